The van der Waals surface area contributed by atoms with E-state index in [9.17, 15) is 4.79 Å². The van der Waals surface area contributed by atoms with Gasteiger partial charge in [0, 0.05) is 9.89 Å². The predicted octanol–water partition coefficient (Wildman–Crippen LogP) is 4.00. The summed E-state index contributed by atoms with van der Waals surface area (Å²) in [7, 11) is 1.58. The standard InChI is InChI=1S/C15H21BrO4/c1-9(2)20-13-6-10(11(16)7-12(13)19-5)15(3,4)8-14(17)18/h6-7,9H,8H2,1-5H3,(H,17,18). The minimum Gasteiger partial charge on any atom is -0.493 e. The molecule has 0 spiro atoms. The van der Waals surface area contributed by atoms with Crippen molar-refractivity contribution < 1.29 is 19.4 Å². The first-order valence-electron chi connectivity index (χ1n) is 6.44. The highest BCUT2D eigenvalue weighted by Crippen LogP contribution is 2.40. The fourth-order valence-corrected chi connectivity index (χ4v) is 2.89. The molecule has 0 radical (unpaired) electrons. The van der Waals surface area contributed by atoms with Gasteiger partial charge in [-0.05, 0) is 31.5 Å². The molecule has 1 aromatic rings. The van der Waals surface area contributed by atoms with Crippen molar-refractivity contribution in [2.45, 2.75) is 45.6 Å². The summed E-state index contributed by atoms with van der Waals surface area (Å²) >= 11 is 3.49. The second kappa shape index (κ2) is 6.48. The highest BCUT2D eigenvalue weighted by Gasteiger charge is 2.28. The quantitative estimate of drug-likeness (QED) is 0.847. The molecule has 1 aromatic carbocycles. The van der Waals surface area contributed by atoms with Crippen LogP contribution in [0.15, 0.2) is 16.6 Å². The maximum absolute atomic E-state index is 11.0. The molecular weight excluding hydrogens is 324 g/mol. The predicted molar refractivity (Wildman–Crippen MR) is 81.7 cm³/mol. The van der Waals surface area contributed by atoms with Crippen LogP contribution in [-0.2, 0) is 10.2 Å². The monoisotopic (exact) mass is 344 g/mol. The Morgan fingerprint density at radius 3 is 2.40 bits per heavy atom. The zero-order valence-corrected chi connectivity index (χ0v) is 14.1. The molecule has 112 valence electrons. The zero-order chi connectivity index (χ0) is 15.5. The molecule has 0 saturated heterocycles. The second-order valence-corrected chi connectivity index (χ2v) is 6.46. The molecule has 0 fully saturated rings. The van der Waals surface area contributed by atoms with Gasteiger partial charge in [-0.2, -0.15) is 0 Å². The molecule has 1 N–H and O–H groups in total. The van der Waals surface area contributed by atoms with Gasteiger partial charge in [-0.1, -0.05) is 29.8 Å². The minimum absolute atomic E-state index is 0.0144. The topological polar surface area (TPSA) is 55.8 Å². The van der Waals surface area contributed by atoms with E-state index in [4.69, 9.17) is 14.6 Å². The lowest BCUT2D eigenvalue weighted by atomic mass is 9.81. The van der Waals surface area contributed by atoms with Crippen LogP contribution >= 0.6 is 15.9 Å². The zero-order valence-electron chi connectivity index (χ0n) is 12.5. The summed E-state index contributed by atoms with van der Waals surface area (Å²) in [4.78, 5) is 11.0. The van der Waals surface area contributed by atoms with Crippen molar-refractivity contribution in [3.05, 3.63) is 22.2 Å². The van der Waals surface area contributed by atoms with E-state index >= 15 is 0 Å². The first-order chi connectivity index (χ1) is 9.17. The summed E-state index contributed by atoms with van der Waals surface area (Å²) < 4.78 is 11.9. The van der Waals surface area contributed by atoms with E-state index in [1.54, 1.807) is 7.11 Å². The molecule has 5 heteroatoms. The Morgan fingerprint density at radius 1 is 1.35 bits per heavy atom. The molecule has 0 aliphatic carbocycles. The number of ether oxygens (including phenoxy) is 2. The van der Waals surface area contributed by atoms with Gasteiger partial charge in [0.1, 0.15) is 0 Å². The SMILES string of the molecule is COc1cc(Br)c(C(C)(C)CC(=O)O)cc1OC(C)C. The summed E-state index contributed by atoms with van der Waals surface area (Å²) in [6.45, 7) is 7.66. The first kappa shape index (κ1) is 16.8. The fourth-order valence-electron chi connectivity index (χ4n) is 2.03. The van der Waals surface area contributed by atoms with Crippen LogP contribution in [0.2, 0.25) is 0 Å². The van der Waals surface area contributed by atoms with Gasteiger partial charge in [0.05, 0.1) is 19.6 Å². The van der Waals surface area contributed by atoms with E-state index in [0.717, 1.165) is 10.0 Å². The number of carboxylic acids is 1. The molecule has 20 heavy (non-hydrogen) atoms. The van der Waals surface area contributed by atoms with Crippen LogP contribution in [-0.4, -0.2) is 24.3 Å². The Bertz CT molecular complexity index is 495. The van der Waals surface area contributed by atoms with E-state index in [0.29, 0.717) is 11.5 Å². The Labute approximate surface area is 128 Å². The number of hydrogen-bond acceptors (Lipinski definition) is 3. The number of carbonyl (C=O) groups is 1. The summed E-state index contributed by atoms with van der Waals surface area (Å²) in [6, 6.07) is 3.67. The van der Waals surface area contributed by atoms with Crippen LogP contribution in [0.4, 0.5) is 0 Å². The lowest BCUT2D eigenvalue weighted by Gasteiger charge is -2.26. The molecule has 0 aliphatic heterocycles. The Hall–Kier alpha value is -1.23. The average molecular weight is 345 g/mol. The molecule has 0 bridgehead atoms. The Kier molecular flexibility index (Phi) is 5.45. The first-order valence-corrected chi connectivity index (χ1v) is 7.23. The van der Waals surface area contributed by atoms with Crippen molar-refractivity contribution in [1.29, 1.82) is 0 Å². The molecule has 4 nitrogen and oxygen atoms in total. The molecular formula is C15H21BrO4. The van der Waals surface area contributed by atoms with E-state index in [2.05, 4.69) is 15.9 Å². The molecule has 0 heterocycles. The van der Waals surface area contributed by atoms with E-state index in [1.165, 1.54) is 0 Å². The van der Waals surface area contributed by atoms with Crippen LogP contribution < -0.4 is 9.47 Å². The molecule has 0 unspecified atom stereocenters. The van der Waals surface area contributed by atoms with E-state index < -0.39 is 11.4 Å². The Morgan fingerprint density at radius 2 is 1.95 bits per heavy atom. The number of aliphatic carboxylic acids is 1. The lowest BCUT2D eigenvalue weighted by Crippen LogP contribution is -2.22. The van der Waals surface area contributed by atoms with Gasteiger partial charge in [-0.25, -0.2) is 0 Å². The number of hydrogen-bond donors (Lipinski definition) is 1. The van der Waals surface area contributed by atoms with Crippen LogP contribution in [0.5, 0.6) is 11.5 Å². The van der Waals surface area contributed by atoms with Crippen molar-refractivity contribution in [2.24, 2.45) is 0 Å². The minimum atomic E-state index is -0.830. The van der Waals surface area contributed by atoms with Gasteiger partial charge in [-0.3, -0.25) is 4.79 Å². The van der Waals surface area contributed by atoms with E-state index in [1.807, 2.05) is 39.8 Å². The number of rotatable bonds is 6. The fraction of sp³-hybridized carbons (Fsp3) is 0.533. The summed E-state index contributed by atoms with van der Waals surface area (Å²) in [5.41, 5.74) is 0.378. The summed E-state index contributed by atoms with van der Waals surface area (Å²) in [5, 5.41) is 9.05. The van der Waals surface area contributed by atoms with Crippen molar-refractivity contribution in [3.8, 4) is 11.5 Å². The van der Waals surface area contributed by atoms with Crippen LogP contribution in [0.3, 0.4) is 0 Å². The molecule has 1 rings (SSSR count). The van der Waals surface area contributed by atoms with Crippen molar-refractivity contribution >= 4 is 21.9 Å². The maximum Gasteiger partial charge on any atom is 0.304 e. The number of carboxylic acid groups (broad SMARTS) is 1. The molecule has 0 atom stereocenters. The van der Waals surface area contributed by atoms with Gasteiger partial charge in [-0.15, -0.1) is 0 Å². The molecule has 0 aromatic heterocycles. The highest BCUT2D eigenvalue weighted by molar-refractivity contribution is 9.10. The highest BCUT2D eigenvalue weighted by atomic mass is 79.9. The van der Waals surface area contributed by atoms with Crippen LogP contribution in [0, 0.1) is 0 Å². The number of methoxy groups -OCH3 is 1. The molecule has 0 aliphatic rings. The van der Waals surface area contributed by atoms with Crippen LogP contribution in [0.25, 0.3) is 0 Å². The van der Waals surface area contributed by atoms with Gasteiger partial charge in [0.15, 0.2) is 11.5 Å². The van der Waals surface area contributed by atoms with E-state index in [-0.39, 0.29) is 12.5 Å². The normalized spacial score (nSPS) is 11.6. The lowest BCUT2D eigenvalue weighted by molar-refractivity contribution is -0.138. The Balaban J connectivity index is 3.29. The smallest absolute Gasteiger partial charge is 0.304 e. The third-order valence-corrected chi connectivity index (χ3v) is 3.59. The summed E-state index contributed by atoms with van der Waals surface area (Å²) in [6.07, 6.45) is 0.0551. The van der Waals surface area contributed by atoms with Crippen molar-refractivity contribution in [1.82, 2.24) is 0 Å². The van der Waals surface area contributed by atoms with Gasteiger partial charge in [0.2, 0.25) is 0 Å². The van der Waals surface area contributed by atoms with Crippen LogP contribution in [0.1, 0.15) is 39.7 Å². The number of benzene rings is 1. The third-order valence-electron chi connectivity index (χ3n) is 2.94. The average Bonchev–Trinajstić information content (AvgIpc) is 2.28. The molecule has 0 amide bonds. The van der Waals surface area contributed by atoms with Gasteiger partial charge < -0.3 is 14.6 Å². The largest absolute Gasteiger partial charge is 0.493 e. The number of halogens is 1. The third kappa shape index (κ3) is 4.13. The maximum atomic E-state index is 11.0. The van der Waals surface area contributed by atoms with Gasteiger partial charge >= 0.3 is 5.97 Å². The van der Waals surface area contributed by atoms with Crippen molar-refractivity contribution in [2.75, 3.05) is 7.11 Å². The summed E-state index contributed by atoms with van der Waals surface area (Å²) in [5.74, 6) is 0.420. The van der Waals surface area contributed by atoms with Gasteiger partial charge in [0.25, 0.3) is 0 Å². The van der Waals surface area contributed by atoms with Crippen molar-refractivity contribution in [3.63, 3.8) is 0 Å². The molecule has 0 saturated carbocycles. The second-order valence-electron chi connectivity index (χ2n) is 5.60.